The molecule has 0 aliphatic carbocycles. The van der Waals surface area contributed by atoms with E-state index in [9.17, 15) is 0 Å². The van der Waals surface area contributed by atoms with Gasteiger partial charge in [0.25, 0.3) is 0 Å². The first-order chi connectivity index (χ1) is 8.66. The summed E-state index contributed by atoms with van der Waals surface area (Å²) in [5.74, 6) is 0. The molecule has 1 atom stereocenters. The van der Waals surface area contributed by atoms with E-state index in [2.05, 4.69) is 23.3 Å². The number of hydrogen-bond donors (Lipinski definition) is 1. The predicted molar refractivity (Wildman–Crippen MR) is 74.3 cm³/mol. The molecule has 2 aromatic rings. The molecule has 0 amide bonds. The zero-order valence-corrected chi connectivity index (χ0v) is 11.1. The average molecular weight is 243 g/mol. The van der Waals surface area contributed by atoms with Crippen molar-refractivity contribution in [1.82, 2.24) is 9.78 Å². The smallest absolute Gasteiger partial charge is 0.0596 e. The van der Waals surface area contributed by atoms with E-state index in [1.807, 2.05) is 36.9 Å². The SMILES string of the molecule is Cc1cc(CCCC(N)c2ccccc2)n(C)n1. The minimum atomic E-state index is 0.139. The van der Waals surface area contributed by atoms with E-state index in [1.165, 1.54) is 11.3 Å². The van der Waals surface area contributed by atoms with Crippen molar-refractivity contribution in [3.05, 3.63) is 53.3 Å². The first kappa shape index (κ1) is 12.8. The lowest BCUT2D eigenvalue weighted by molar-refractivity contribution is 0.591. The molecule has 18 heavy (non-hydrogen) atoms. The van der Waals surface area contributed by atoms with Gasteiger partial charge >= 0.3 is 0 Å². The molecule has 3 nitrogen and oxygen atoms in total. The molecule has 0 bridgehead atoms. The topological polar surface area (TPSA) is 43.8 Å². The molecule has 0 saturated carbocycles. The standard InChI is InChI=1S/C15H21N3/c1-12-11-14(18(2)17-12)9-6-10-15(16)13-7-4-3-5-8-13/h3-5,7-8,11,15H,6,9-10,16H2,1-2H3. The van der Waals surface area contributed by atoms with E-state index in [1.54, 1.807) is 0 Å². The van der Waals surface area contributed by atoms with Gasteiger partial charge in [-0.05, 0) is 37.8 Å². The van der Waals surface area contributed by atoms with E-state index in [-0.39, 0.29) is 6.04 Å². The molecule has 1 aromatic heterocycles. The fourth-order valence-electron chi connectivity index (χ4n) is 2.27. The number of hydrogen-bond acceptors (Lipinski definition) is 2. The highest BCUT2D eigenvalue weighted by Gasteiger charge is 2.06. The largest absolute Gasteiger partial charge is 0.324 e. The first-order valence-electron chi connectivity index (χ1n) is 6.47. The van der Waals surface area contributed by atoms with Gasteiger partial charge in [0, 0.05) is 18.8 Å². The highest BCUT2D eigenvalue weighted by molar-refractivity contribution is 5.18. The van der Waals surface area contributed by atoms with Gasteiger partial charge in [0.2, 0.25) is 0 Å². The molecule has 1 heterocycles. The minimum Gasteiger partial charge on any atom is -0.324 e. The maximum atomic E-state index is 6.18. The number of rotatable bonds is 5. The van der Waals surface area contributed by atoms with E-state index in [4.69, 9.17) is 5.73 Å². The van der Waals surface area contributed by atoms with Gasteiger partial charge in [0.15, 0.2) is 0 Å². The molecule has 0 aliphatic heterocycles. The Kier molecular flexibility index (Phi) is 4.15. The molecule has 0 spiro atoms. The Bertz CT molecular complexity index is 488. The van der Waals surface area contributed by atoms with Crippen LogP contribution in [0, 0.1) is 6.92 Å². The van der Waals surface area contributed by atoms with Crippen molar-refractivity contribution in [1.29, 1.82) is 0 Å². The van der Waals surface area contributed by atoms with E-state index < -0.39 is 0 Å². The average Bonchev–Trinajstić information content (AvgIpc) is 2.69. The van der Waals surface area contributed by atoms with Gasteiger partial charge in [0.05, 0.1) is 5.69 Å². The lowest BCUT2D eigenvalue weighted by Gasteiger charge is -2.11. The second-order valence-corrected chi connectivity index (χ2v) is 4.81. The summed E-state index contributed by atoms with van der Waals surface area (Å²) in [7, 11) is 2.00. The van der Waals surface area contributed by atoms with Crippen LogP contribution in [0.5, 0.6) is 0 Å². The number of benzene rings is 1. The number of nitrogens with zero attached hydrogens (tertiary/aromatic N) is 2. The molecule has 0 radical (unpaired) electrons. The third kappa shape index (κ3) is 3.20. The summed E-state index contributed by atoms with van der Waals surface area (Å²) in [6.45, 7) is 2.03. The Morgan fingerprint density at radius 1 is 1.28 bits per heavy atom. The number of aryl methyl sites for hydroxylation is 3. The summed E-state index contributed by atoms with van der Waals surface area (Å²) >= 11 is 0. The zero-order valence-electron chi connectivity index (χ0n) is 11.1. The summed E-state index contributed by atoms with van der Waals surface area (Å²) in [4.78, 5) is 0. The molecule has 3 heteroatoms. The normalized spacial score (nSPS) is 12.6. The highest BCUT2D eigenvalue weighted by Crippen LogP contribution is 2.17. The Labute approximate surface area is 109 Å². The van der Waals surface area contributed by atoms with Crippen LogP contribution in [0.25, 0.3) is 0 Å². The van der Waals surface area contributed by atoms with Crippen molar-refractivity contribution in [3.8, 4) is 0 Å². The van der Waals surface area contributed by atoms with Crippen molar-refractivity contribution < 1.29 is 0 Å². The van der Waals surface area contributed by atoms with Crippen molar-refractivity contribution in [3.63, 3.8) is 0 Å². The van der Waals surface area contributed by atoms with Gasteiger partial charge in [-0.15, -0.1) is 0 Å². The fraction of sp³-hybridized carbons (Fsp3) is 0.400. The van der Waals surface area contributed by atoms with Gasteiger partial charge in [-0.1, -0.05) is 30.3 Å². The van der Waals surface area contributed by atoms with Crippen molar-refractivity contribution >= 4 is 0 Å². The van der Waals surface area contributed by atoms with Crippen LogP contribution in [-0.4, -0.2) is 9.78 Å². The maximum Gasteiger partial charge on any atom is 0.0596 e. The van der Waals surface area contributed by atoms with Crippen LogP contribution >= 0.6 is 0 Å². The van der Waals surface area contributed by atoms with Crippen molar-refractivity contribution in [2.24, 2.45) is 12.8 Å². The minimum absolute atomic E-state index is 0.139. The predicted octanol–water partition coefficient (Wildman–Crippen LogP) is 2.75. The van der Waals surface area contributed by atoms with Crippen LogP contribution in [0.4, 0.5) is 0 Å². The summed E-state index contributed by atoms with van der Waals surface area (Å²) in [6.07, 6.45) is 3.14. The molecule has 2 N–H and O–H groups in total. The van der Waals surface area contributed by atoms with E-state index in [0.29, 0.717) is 0 Å². The number of aromatic nitrogens is 2. The molecule has 1 aromatic carbocycles. The summed E-state index contributed by atoms with van der Waals surface area (Å²) in [6, 6.07) is 12.6. The Hall–Kier alpha value is -1.61. The van der Waals surface area contributed by atoms with Crippen molar-refractivity contribution in [2.75, 3.05) is 0 Å². The molecule has 0 fully saturated rings. The first-order valence-corrected chi connectivity index (χ1v) is 6.47. The Morgan fingerprint density at radius 3 is 2.61 bits per heavy atom. The van der Waals surface area contributed by atoms with Gasteiger partial charge in [-0.25, -0.2) is 0 Å². The van der Waals surface area contributed by atoms with Crippen LogP contribution in [-0.2, 0) is 13.5 Å². The molecule has 0 aliphatic rings. The summed E-state index contributed by atoms with van der Waals surface area (Å²) < 4.78 is 1.96. The third-order valence-corrected chi connectivity index (χ3v) is 3.27. The van der Waals surface area contributed by atoms with E-state index in [0.717, 1.165) is 25.0 Å². The molecular formula is C15H21N3. The second kappa shape index (κ2) is 5.83. The summed E-state index contributed by atoms with van der Waals surface area (Å²) in [5.41, 5.74) is 9.77. The van der Waals surface area contributed by atoms with E-state index >= 15 is 0 Å². The van der Waals surface area contributed by atoms with Crippen LogP contribution in [0.15, 0.2) is 36.4 Å². The molecule has 1 unspecified atom stereocenters. The third-order valence-electron chi connectivity index (χ3n) is 3.27. The van der Waals surface area contributed by atoms with Crippen LogP contribution in [0.3, 0.4) is 0 Å². The zero-order chi connectivity index (χ0) is 13.0. The number of nitrogens with two attached hydrogens (primary N) is 1. The Balaban J connectivity index is 1.84. The quantitative estimate of drug-likeness (QED) is 0.877. The van der Waals surface area contributed by atoms with Crippen molar-refractivity contribution in [2.45, 2.75) is 32.2 Å². The van der Waals surface area contributed by atoms with Gasteiger partial charge < -0.3 is 5.73 Å². The second-order valence-electron chi connectivity index (χ2n) is 4.81. The lowest BCUT2D eigenvalue weighted by Crippen LogP contribution is -2.10. The molecular weight excluding hydrogens is 222 g/mol. The van der Waals surface area contributed by atoms with Crippen LogP contribution in [0.2, 0.25) is 0 Å². The van der Waals surface area contributed by atoms with Crippen LogP contribution < -0.4 is 5.73 Å². The molecule has 2 rings (SSSR count). The van der Waals surface area contributed by atoms with Gasteiger partial charge in [-0.3, -0.25) is 4.68 Å². The van der Waals surface area contributed by atoms with Gasteiger partial charge in [0.1, 0.15) is 0 Å². The molecule has 96 valence electrons. The lowest BCUT2D eigenvalue weighted by atomic mass is 10.0. The maximum absolute atomic E-state index is 6.18. The highest BCUT2D eigenvalue weighted by atomic mass is 15.3. The Morgan fingerprint density at radius 2 is 2.00 bits per heavy atom. The van der Waals surface area contributed by atoms with Crippen LogP contribution in [0.1, 0.15) is 35.8 Å². The monoisotopic (exact) mass is 243 g/mol. The molecule has 0 saturated heterocycles. The summed E-state index contributed by atoms with van der Waals surface area (Å²) in [5, 5.41) is 4.35. The van der Waals surface area contributed by atoms with Gasteiger partial charge in [-0.2, -0.15) is 5.10 Å². The fourth-order valence-corrected chi connectivity index (χ4v) is 2.27.